The first-order chi connectivity index (χ1) is 11.6. The number of amides is 3. The highest BCUT2D eigenvalue weighted by Gasteiger charge is 2.28. The molecule has 0 aliphatic carbocycles. The summed E-state index contributed by atoms with van der Waals surface area (Å²) in [4.78, 5) is 37.7. The third-order valence-electron chi connectivity index (χ3n) is 4.43. The Bertz CT molecular complexity index is 701. The molecule has 0 spiro atoms. The number of carbonyl (C=O) groups excluding carboxylic acids is 3. The van der Waals surface area contributed by atoms with Crippen molar-refractivity contribution in [1.29, 1.82) is 0 Å². The smallest absolute Gasteiger partial charge is 0.311 e. The Balaban J connectivity index is 1.61. The normalized spacial score (nSPS) is 22.9. The van der Waals surface area contributed by atoms with Gasteiger partial charge in [0, 0.05) is 25.2 Å². The molecule has 3 amide bonds. The van der Waals surface area contributed by atoms with E-state index in [1.54, 1.807) is 23.1 Å². The van der Waals surface area contributed by atoms with Crippen molar-refractivity contribution in [3.05, 3.63) is 35.4 Å². The number of azo groups is 1. The summed E-state index contributed by atoms with van der Waals surface area (Å²) in [7, 11) is 0. The Morgan fingerprint density at radius 3 is 2.92 bits per heavy atom. The summed E-state index contributed by atoms with van der Waals surface area (Å²) in [5.41, 5.74) is 1.21. The fourth-order valence-corrected chi connectivity index (χ4v) is 3.15. The topological polar surface area (TPSA) is 91.2 Å². The van der Waals surface area contributed by atoms with Gasteiger partial charge in [-0.05, 0) is 30.4 Å². The molecule has 7 nitrogen and oxygen atoms in total. The maximum absolute atomic E-state index is 12.2. The molecule has 1 aromatic rings. The zero-order chi connectivity index (χ0) is 17.1. The maximum Gasteiger partial charge on any atom is 0.311 e. The third kappa shape index (κ3) is 3.34. The Morgan fingerprint density at radius 2 is 2.12 bits per heavy atom. The summed E-state index contributed by atoms with van der Waals surface area (Å²) in [6.07, 6.45) is 2.01. The fourth-order valence-electron chi connectivity index (χ4n) is 3.15. The van der Waals surface area contributed by atoms with Gasteiger partial charge in [-0.2, -0.15) is 5.11 Å². The molecule has 2 atom stereocenters. The number of fused-ring (bicyclic) bond motifs is 1. The molecule has 2 unspecified atom stereocenters. The number of likely N-dealkylation sites (tertiary alicyclic amines) is 1. The van der Waals surface area contributed by atoms with Gasteiger partial charge in [-0.15, -0.1) is 5.11 Å². The van der Waals surface area contributed by atoms with Crippen LogP contribution in [-0.4, -0.2) is 42.3 Å². The second kappa shape index (κ2) is 6.90. The van der Waals surface area contributed by atoms with Crippen LogP contribution in [0.5, 0.6) is 0 Å². The van der Waals surface area contributed by atoms with Gasteiger partial charge in [0.2, 0.25) is 0 Å². The van der Waals surface area contributed by atoms with Gasteiger partial charge in [0.05, 0.1) is 0 Å². The van der Waals surface area contributed by atoms with Gasteiger partial charge in [0.25, 0.3) is 5.91 Å². The summed E-state index contributed by atoms with van der Waals surface area (Å²) in [5, 5.41) is 10.2. The molecular weight excluding hydrogens is 308 g/mol. The molecule has 1 fully saturated rings. The van der Waals surface area contributed by atoms with Crippen molar-refractivity contribution in [2.24, 2.45) is 16.1 Å². The summed E-state index contributed by atoms with van der Waals surface area (Å²) in [5.74, 6) is -1.10. The summed E-state index contributed by atoms with van der Waals surface area (Å²) in [6.45, 7) is 3.46. The van der Waals surface area contributed by atoms with Crippen LogP contribution >= 0.6 is 0 Å². The van der Waals surface area contributed by atoms with Gasteiger partial charge in [0.15, 0.2) is 0 Å². The van der Waals surface area contributed by atoms with Gasteiger partial charge in [0.1, 0.15) is 6.04 Å². The molecule has 126 valence electrons. The van der Waals surface area contributed by atoms with Crippen molar-refractivity contribution < 1.29 is 14.4 Å². The lowest BCUT2D eigenvalue weighted by Crippen LogP contribution is -2.47. The quantitative estimate of drug-likeness (QED) is 0.838. The fraction of sp³-hybridized carbons (Fsp3) is 0.471. The van der Waals surface area contributed by atoms with Crippen LogP contribution in [0.25, 0.3) is 0 Å². The predicted octanol–water partition coefficient (Wildman–Crippen LogP) is 1.71. The molecule has 2 aliphatic rings. The highest BCUT2D eigenvalue weighted by Crippen LogP contribution is 2.26. The standard InChI is InChI=1S/C17H20N4O3/c1-11-5-4-8-21(10-11)17(24)16(23)18-9-14-12-6-2-3-7-13(12)15(22)20-19-14/h2-3,6-7,11,14H,4-5,8-10H2,1H3,(H,18,23). The van der Waals surface area contributed by atoms with E-state index in [1.807, 2.05) is 6.07 Å². The van der Waals surface area contributed by atoms with Crippen molar-refractivity contribution in [1.82, 2.24) is 10.2 Å². The number of carbonyl (C=O) groups is 3. The number of hydrogen-bond donors (Lipinski definition) is 1. The van der Waals surface area contributed by atoms with E-state index in [-0.39, 0.29) is 12.5 Å². The van der Waals surface area contributed by atoms with Gasteiger partial charge in [-0.3, -0.25) is 14.4 Å². The van der Waals surface area contributed by atoms with E-state index in [0.29, 0.717) is 24.6 Å². The summed E-state index contributed by atoms with van der Waals surface area (Å²) < 4.78 is 0. The Hall–Kier alpha value is -2.57. The molecule has 2 heterocycles. The lowest BCUT2D eigenvalue weighted by Gasteiger charge is -2.30. The SMILES string of the molecule is CC1CCCN(C(=O)C(=O)NCC2N=NC(=O)c3ccccc32)C1. The number of hydrogen-bond acceptors (Lipinski definition) is 4. The lowest BCUT2D eigenvalue weighted by molar-refractivity contribution is -0.147. The predicted molar refractivity (Wildman–Crippen MR) is 86.4 cm³/mol. The van der Waals surface area contributed by atoms with Crippen molar-refractivity contribution in [3.8, 4) is 0 Å². The van der Waals surface area contributed by atoms with E-state index in [1.165, 1.54) is 0 Å². The molecule has 1 saturated heterocycles. The van der Waals surface area contributed by atoms with Crippen LogP contribution in [0.1, 0.15) is 41.7 Å². The average molecular weight is 328 g/mol. The first kappa shape index (κ1) is 16.3. The minimum Gasteiger partial charge on any atom is -0.345 e. The number of nitrogens with zero attached hydrogens (tertiary/aromatic N) is 3. The van der Waals surface area contributed by atoms with Crippen LogP contribution in [0.15, 0.2) is 34.5 Å². The van der Waals surface area contributed by atoms with Crippen LogP contribution in [0.3, 0.4) is 0 Å². The first-order valence-electron chi connectivity index (χ1n) is 8.17. The minimum absolute atomic E-state index is 0.141. The molecule has 0 aromatic heterocycles. The number of rotatable bonds is 2. The van der Waals surface area contributed by atoms with Crippen LogP contribution in [0, 0.1) is 5.92 Å². The lowest BCUT2D eigenvalue weighted by atomic mass is 9.99. The minimum atomic E-state index is -0.631. The highest BCUT2D eigenvalue weighted by atomic mass is 16.2. The second-order valence-electron chi connectivity index (χ2n) is 6.33. The van der Waals surface area contributed by atoms with E-state index in [0.717, 1.165) is 18.4 Å². The van der Waals surface area contributed by atoms with Crippen LogP contribution in [0.2, 0.25) is 0 Å². The van der Waals surface area contributed by atoms with E-state index < -0.39 is 17.9 Å². The Kier molecular flexibility index (Phi) is 4.69. The molecule has 0 bridgehead atoms. The summed E-state index contributed by atoms with van der Waals surface area (Å²) in [6, 6.07) is 6.59. The van der Waals surface area contributed by atoms with E-state index in [2.05, 4.69) is 22.5 Å². The average Bonchev–Trinajstić information content (AvgIpc) is 2.60. The zero-order valence-electron chi connectivity index (χ0n) is 13.6. The first-order valence-corrected chi connectivity index (χ1v) is 8.17. The zero-order valence-corrected chi connectivity index (χ0v) is 13.6. The molecular formula is C17H20N4O3. The van der Waals surface area contributed by atoms with Crippen molar-refractivity contribution in [3.63, 3.8) is 0 Å². The number of nitrogens with one attached hydrogen (secondary N) is 1. The summed E-state index contributed by atoms with van der Waals surface area (Å²) >= 11 is 0. The maximum atomic E-state index is 12.2. The molecule has 24 heavy (non-hydrogen) atoms. The van der Waals surface area contributed by atoms with E-state index in [9.17, 15) is 14.4 Å². The van der Waals surface area contributed by atoms with Crippen LogP contribution in [-0.2, 0) is 9.59 Å². The number of piperidine rings is 1. The molecule has 0 radical (unpaired) electrons. The monoisotopic (exact) mass is 328 g/mol. The van der Waals surface area contributed by atoms with E-state index in [4.69, 9.17) is 0 Å². The molecule has 7 heteroatoms. The molecule has 1 N–H and O–H groups in total. The van der Waals surface area contributed by atoms with Crippen LogP contribution < -0.4 is 5.32 Å². The van der Waals surface area contributed by atoms with Crippen molar-refractivity contribution in [2.45, 2.75) is 25.8 Å². The Labute approximate surface area is 140 Å². The molecule has 0 saturated carbocycles. The molecule has 2 aliphatic heterocycles. The largest absolute Gasteiger partial charge is 0.345 e. The van der Waals surface area contributed by atoms with Crippen molar-refractivity contribution in [2.75, 3.05) is 19.6 Å². The van der Waals surface area contributed by atoms with Gasteiger partial charge < -0.3 is 10.2 Å². The van der Waals surface area contributed by atoms with Gasteiger partial charge in [-0.1, -0.05) is 25.1 Å². The van der Waals surface area contributed by atoms with Gasteiger partial charge in [-0.25, -0.2) is 0 Å². The van der Waals surface area contributed by atoms with E-state index >= 15 is 0 Å². The Morgan fingerprint density at radius 1 is 1.33 bits per heavy atom. The second-order valence-corrected chi connectivity index (χ2v) is 6.33. The van der Waals surface area contributed by atoms with Crippen molar-refractivity contribution >= 4 is 17.7 Å². The molecule has 3 rings (SSSR count). The highest BCUT2D eigenvalue weighted by molar-refractivity contribution is 6.35. The molecule has 1 aromatic carbocycles. The third-order valence-corrected chi connectivity index (χ3v) is 4.43. The number of benzene rings is 1. The van der Waals surface area contributed by atoms with Crippen LogP contribution in [0.4, 0.5) is 0 Å². The van der Waals surface area contributed by atoms with Gasteiger partial charge >= 0.3 is 11.8 Å².